The van der Waals surface area contributed by atoms with Gasteiger partial charge in [-0.1, -0.05) is 11.6 Å². The number of nitrogens with zero attached hydrogens (tertiary/aromatic N) is 1. The standard InChI is InChI=1S/C31H23Br2NO9/c1-11-7-19(35)17-9-16-13(22(24(17)27(11)37)18-10-21(43-2)28(38)26(33)25(18)32)5-6-15-23(16)30(40)34(29(15)39)12-3-4-14(31(41)42)20(36)8-12/h3-5,7-8,10,15-16,22-23,36,38H,6,9H2,1-2H3,(H,41,42)/t15-,16+,22+,23-/m0/s1. The molecule has 10 nitrogen and oxygen atoms in total. The second kappa shape index (κ2) is 10.3. The van der Waals surface area contributed by atoms with Crippen molar-refractivity contribution in [1.29, 1.82) is 0 Å². The number of halogens is 2. The first-order chi connectivity index (χ1) is 20.4. The molecule has 0 bridgehead atoms. The number of phenolic OH excluding ortho intramolecular Hbond substituents is 1. The molecule has 4 aliphatic rings. The van der Waals surface area contributed by atoms with E-state index in [1.54, 1.807) is 13.0 Å². The van der Waals surface area contributed by atoms with Gasteiger partial charge in [0.15, 0.2) is 23.1 Å². The Morgan fingerprint density at radius 1 is 1.02 bits per heavy atom. The Kier molecular flexibility index (Phi) is 6.96. The predicted molar refractivity (Wildman–Crippen MR) is 159 cm³/mol. The van der Waals surface area contributed by atoms with Gasteiger partial charge in [-0.3, -0.25) is 19.2 Å². The molecule has 0 unspecified atom stereocenters. The summed E-state index contributed by atoms with van der Waals surface area (Å²) in [5.41, 5.74) is 1.73. The van der Waals surface area contributed by atoms with Gasteiger partial charge in [0.05, 0.1) is 29.1 Å². The number of Topliss-reactive ketones (excluding diaryl/α,β-unsaturated/α-hetero) is 1. The third-order valence-electron chi connectivity index (χ3n) is 8.74. The molecule has 1 fully saturated rings. The number of methoxy groups -OCH3 is 1. The number of aromatic carboxylic acids is 1. The molecule has 4 atom stereocenters. The van der Waals surface area contributed by atoms with Gasteiger partial charge in [0.2, 0.25) is 11.8 Å². The Balaban J connectivity index is 1.50. The van der Waals surface area contributed by atoms with E-state index in [4.69, 9.17) is 4.74 Å². The molecule has 3 N–H and O–H groups in total. The number of rotatable bonds is 4. The van der Waals surface area contributed by atoms with Gasteiger partial charge in [0, 0.05) is 33.2 Å². The normalized spacial score (nSPS) is 24.8. The number of ether oxygens (including phenoxy) is 1. The maximum atomic E-state index is 14.0. The summed E-state index contributed by atoms with van der Waals surface area (Å²) in [6.07, 6.45) is 3.39. The first-order valence-corrected chi connectivity index (χ1v) is 14.8. The van der Waals surface area contributed by atoms with Gasteiger partial charge in [0.25, 0.3) is 0 Å². The second-order valence-corrected chi connectivity index (χ2v) is 12.5. The smallest absolute Gasteiger partial charge is 0.339 e. The van der Waals surface area contributed by atoms with Crippen LogP contribution in [0.4, 0.5) is 5.69 Å². The molecule has 1 saturated heterocycles. The highest BCUT2D eigenvalue weighted by atomic mass is 79.9. The van der Waals surface area contributed by atoms with E-state index in [9.17, 15) is 39.3 Å². The highest BCUT2D eigenvalue weighted by Crippen LogP contribution is 2.58. The molecule has 2 amide bonds. The summed E-state index contributed by atoms with van der Waals surface area (Å²) >= 11 is 6.92. The molecule has 220 valence electrons. The van der Waals surface area contributed by atoms with E-state index in [0.29, 0.717) is 15.6 Å². The van der Waals surface area contributed by atoms with Crippen molar-refractivity contribution in [2.75, 3.05) is 12.0 Å². The van der Waals surface area contributed by atoms with E-state index >= 15 is 0 Å². The molecule has 12 heteroatoms. The Labute approximate surface area is 261 Å². The SMILES string of the molecule is COc1cc([C@H]2C3=CC[C@@H]4C(=O)N(c5ccc(C(=O)O)c(O)c5)C(=O)[C@@H]4[C@@H]3CC3=C2C(=O)C(C)=CC3=O)c(Br)c(Br)c1O. The number of fused-ring (bicyclic) bond motifs is 3. The molecule has 2 aromatic rings. The molecule has 0 spiro atoms. The number of hydrogen-bond donors (Lipinski definition) is 3. The topological polar surface area (TPSA) is 159 Å². The van der Waals surface area contributed by atoms with E-state index < -0.39 is 47.2 Å². The van der Waals surface area contributed by atoms with Crippen molar-refractivity contribution in [2.24, 2.45) is 17.8 Å². The highest BCUT2D eigenvalue weighted by molar-refractivity contribution is 9.13. The predicted octanol–water partition coefficient (Wildman–Crippen LogP) is 4.96. The van der Waals surface area contributed by atoms with Gasteiger partial charge in [0.1, 0.15) is 11.3 Å². The number of benzene rings is 2. The first-order valence-electron chi connectivity index (χ1n) is 13.3. The number of carbonyl (C=O) groups is 5. The van der Waals surface area contributed by atoms with Crippen molar-refractivity contribution in [1.82, 2.24) is 0 Å². The summed E-state index contributed by atoms with van der Waals surface area (Å²) in [5.74, 6) is -6.71. The number of carbonyl (C=O) groups excluding carboxylic acids is 4. The number of allylic oxidation sites excluding steroid dienone is 6. The summed E-state index contributed by atoms with van der Waals surface area (Å²) in [6.45, 7) is 1.57. The number of aromatic hydroxyl groups is 2. The molecule has 6 rings (SSSR count). The molecule has 0 aromatic heterocycles. The lowest BCUT2D eigenvalue weighted by atomic mass is 9.59. The molecule has 2 aromatic carbocycles. The van der Waals surface area contributed by atoms with Crippen LogP contribution in [0.15, 0.2) is 67.7 Å². The van der Waals surface area contributed by atoms with Crippen LogP contribution >= 0.6 is 31.9 Å². The van der Waals surface area contributed by atoms with Crippen molar-refractivity contribution in [3.8, 4) is 17.2 Å². The lowest BCUT2D eigenvalue weighted by Gasteiger charge is -2.42. The van der Waals surface area contributed by atoms with Crippen LogP contribution in [-0.4, -0.2) is 51.8 Å². The molecular formula is C31H23Br2NO9. The number of ketones is 2. The van der Waals surface area contributed by atoms with Crippen LogP contribution in [-0.2, 0) is 19.2 Å². The number of carboxylic acid groups (broad SMARTS) is 1. The lowest BCUT2D eigenvalue weighted by molar-refractivity contribution is -0.123. The Bertz CT molecular complexity index is 1800. The van der Waals surface area contributed by atoms with E-state index in [2.05, 4.69) is 31.9 Å². The van der Waals surface area contributed by atoms with Gasteiger partial charge >= 0.3 is 5.97 Å². The van der Waals surface area contributed by atoms with Gasteiger partial charge in [-0.25, -0.2) is 9.69 Å². The Morgan fingerprint density at radius 2 is 1.74 bits per heavy atom. The molecule has 1 heterocycles. The van der Waals surface area contributed by atoms with Crippen LogP contribution in [0.3, 0.4) is 0 Å². The summed E-state index contributed by atoms with van der Waals surface area (Å²) in [7, 11) is 1.39. The summed E-state index contributed by atoms with van der Waals surface area (Å²) in [4.78, 5) is 67.1. The minimum absolute atomic E-state index is 0.0399. The summed E-state index contributed by atoms with van der Waals surface area (Å²) < 4.78 is 6.10. The molecule has 1 aliphatic heterocycles. The zero-order valence-corrected chi connectivity index (χ0v) is 25.9. The fourth-order valence-electron chi connectivity index (χ4n) is 6.79. The number of amides is 2. The van der Waals surface area contributed by atoms with Crippen molar-refractivity contribution < 1.29 is 44.0 Å². The fraction of sp³-hybridized carbons (Fsp3) is 0.258. The van der Waals surface area contributed by atoms with Crippen LogP contribution < -0.4 is 9.64 Å². The van der Waals surface area contributed by atoms with E-state index in [-0.39, 0.29) is 68.4 Å². The number of hydrogen-bond acceptors (Lipinski definition) is 8. The maximum absolute atomic E-state index is 14.0. The van der Waals surface area contributed by atoms with Crippen LogP contribution in [0, 0.1) is 17.8 Å². The minimum Gasteiger partial charge on any atom is -0.507 e. The number of anilines is 1. The third kappa shape index (κ3) is 4.21. The van der Waals surface area contributed by atoms with E-state index in [1.165, 1.54) is 19.3 Å². The van der Waals surface area contributed by atoms with Gasteiger partial charge in [-0.15, -0.1) is 0 Å². The summed E-state index contributed by atoms with van der Waals surface area (Å²) in [6, 6.07) is 5.08. The quantitative estimate of drug-likeness (QED) is 0.226. The second-order valence-electron chi connectivity index (χ2n) is 10.9. The van der Waals surface area contributed by atoms with Gasteiger partial charge in [-0.05, 0) is 87.4 Å². The Morgan fingerprint density at radius 3 is 2.40 bits per heavy atom. The average molecular weight is 713 g/mol. The highest BCUT2D eigenvalue weighted by Gasteiger charge is 2.57. The van der Waals surface area contributed by atoms with E-state index in [0.717, 1.165) is 17.0 Å². The van der Waals surface area contributed by atoms with Gasteiger partial charge < -0.3 is 20.1 Å². The fourth-order valence-corrected chi connectivity index (χ4v) is 7.74. The molecule has 3 aliphatic carbocycles. The molecule has 43 heavy (non-hydrogen) atoms. The Hall–Kier alpha value is -4.03. The largest absolute Gasteiger partial charge is 0.507 e. The maximum Gasteiger partial charge on any atom is 0.339 e. The van der Waals surface area contributed by atoms with E-state index in [1.807, 2.05) is 6.08 Å². The molecule has 0 saturated carbocycles. The van der Waals surface area contributed by atoms with Gasteiger partial charge in [-0.2, -0.15) is 0 Å². The van der Waals surface area contributed by atoms with Crippen LogP contribution in [0.1, 0.15) is 41.6 Å². The van der Waals surface area contributed by atoms with Crippen LogP contribution in [0.2, 0.25) is 0 Å². The zero-order chi connectivity index (χ0) is 31.1. The van der Waals surface area contributed by atoms with Crippen LogP contribution in [0.25, 0.3) is 0 Å². The zero-order valence-electron chi connectivity index (χ0n) is 22.7. The van der Waals surface area contributed by atoms with Crippen molar-refractivity contribution in [3.05, 3.63) is 78.8 Å². The van der Waals surface area contributed by atoms with Crippen molar-refractivity contribution in [2.45, 2.75) is 25.7 Å². The van der Waals surface area contributed by atoms with Crippen molar-refractivity contribution >= 4 is 66.9 Å². The first kappa shape index (κ1) is 29.1. The lowest BCUT2D eigenvalue weighted by Crippen LogP contribution is -2.40. The summed E-state index contributed by atoms with van der Waals surface area (Å²) in [5, 5.41) is 30.1. The third-order valence-corrected chi connectivity index (χ3v) is 10.9. The number of phenols is 2. The minimum atomic E-state index is -1.36. The monoisotopic (exact) mass is 711 g/mol. The number of imide groups is 1. The molecule has 0 radical (unpaired) electrons. The molecular weight excluding hydrogens is 690 g/mol. The van der Waals surface area contributed by atoms with Crippen LogP contribution in [0.5, 0.6) is 17.2 Å². The van der Waals surface area contributed by atoms with Crippen molar-refractivity contribution in [3.63, 3.8) is 0 Å². The number of carboxylic acids is 1. The average Bonchev–Trinajstić information content (AvgIpc) is 3.23.